The highest BCUT2D eigenvalue weighted by Gasteiger charge is 2.51. The summed E-state index contributed by atoms with van der Waals surface area (Å²) < 4.78 is 13.8. The number of carbonyl (C=O) groups excluding carboxylic acids is 4. The van der Waals surface area contributed by atoms with Gasteiger partial charge in [-0.05, 0) is 94.6 Å². The average Bonchev–Trinajstić information content (AvgIpc) is 3.35. The first-order valence-corrected chi connectivity index (χ1v) is 28.8. The molecule has 4 atom stereocenters. The van der Waals surface area contributed by atoms with Gasteiger partial charge < -0.3 is 35.3 Å². The molecule has 3 aliphatic rings. The van der Waals surface area contributed by atoms with Gasteiger partial charge in [0.1, 0.15) is 35.0 Å². The van der Waals surface area contributed by atoms with E-state index in [9.17, 15) is 29.4 Å². The zero-order valence-electron chi connectivity index (χ0n) is 50.4. The first-order valence-electron chi connectivity index (χ1n) is 28.8. The number of nitrogens with zero attached hydrogens (tertiary/aromatic N) is 2. The number of aliphatic imine (C=N–C) groups is 2. The van der Waals surface area contributed by atoms with Crippen LogP contribution in [0.3, 0.4) is 0 Å². The standard InChI is InChI=1S/C68H81N5O10/c1-37-33-45(65(3,4)5)53(46(34-37)66(6,7)8)82-63(80)51-49(39-25-17-15-18-26-39)55(70-57(51)72-59(74)41-29-21-23-31-43(41)61(76)77)69-56-50(40-27-19-16-20-28-40)52(58(71-56)73-60(75)42-30-22-24-32-44(42)62(78)79)64(81)83-54-47(67(9,10)11)35-38(2)36-48(54)68(12,13)14/h15-32,37-38,45-48,53-54,70H,33-36H2,1-14H3,(H,72,74)(H,76,77)(H,78,79)(H,69,71,73,75). The summed E-state index contributed by atoms with van der Waals surface area (Å²) >= 11 is 0. The van der Waals surface area contributed by atoms with Gasteiger partial charge in [-0.1, -0.05) is 182 Å². The number of amidine groups is 2. The minimum absolute atomic E-state index is 0.0208. The molecule has 0 bridgehead atoms. The fraction of sp³-hybridized carbons (Fsp3) is 0.441. The molecule has 83 heavy (non-hydrogen) atoms. The van der Waals surface area contributed by atoms with Crippen molar-refractivity contribution >= 4 is 64.6 Å². The summed E-state index contributed by atoms with van der Waals surface area (Å²) in [6, 6.07) is 29.3. The summed E-state index contributed by atoms with van der Waals surface area (Å²) in [6.45, 7) is 30.2. The van der Waals surface area contributed by atoms with Gasteiger partial charge in [0.2, 0.25) is 0 Å². The molecule has 15 heteroatoms. The van der Waals surface area contributed by atoms with Gasteiger partial charge in [-0.2, -0.15) is 0 Å². The second kappa shape index (κ2) is 23.7. The molecule has 8 rings (SSSR count). The monoisotopic (exact) mass is 1130 g/mol. The lowest BCUT2D eigenvalue weighted by molar-refractivity contribution is -0.164. The Morgan fingerprint density at radius 1 is 0.518 bits per heavy atom. The molecule has 0 saturated heterocycles. The lowest BCUT2D eigenvalue weighted by atomic mass is 9.59. The van der Waals surface area contributed by atoms with Crippen LogP contribution >= 0.6 is 0 Å². The molecule has 4 aromatic carbocycles. The fourth-order valence-corrected chi connectivity index (χ4v) is 12.8. The quantitative estimate of drug-likeness (QED) is 0.0743. The number of esters is 2. The first-order chi connectivity index (χ1) is 38.8. The van der Waals surface area contributed by atoms with Gasteiger partial charge in [0.25, 0.3) is 11.8 Å². The van der Waals surface area contributed by atoms with E-state index in [1.54, 1.807) is 54.6 Å². The lowest BCUT2D eigenvalue weighted by Gasteiger charge is -2.50. The Labute approximate surface area is 487 Å². The molecule has 4 unspecified atom stereocenters. The van der Waals surface area contributed by atoms with Crippen LogP contribution in [0.4, 0.5) is 11.6 Å². The average molecular weight is 1130 g/mol. The second-order valence-electron chi connectivity index (χ2n) is 27.4. The smallest absolute Gasteiger partial charge is 0.343 e. The summed E-state index contributed by atoms with van der Waals surface area (Å²) in [5, 5.41) is 26.1. The van der Waals surface area contributed by atoms with Crippen molar-refractivity contribution in [1.29, 1.82) is 0 Å². The molecule has 2 aliphatic carbocycles. The van der Waals surface area contributed by atoms with E-state index in [0.29, 0.717) is 23.0 Å². The van der Waals surface area contributed by atoms with Gasteiger partial charge >= 0.3 is 23.9 Å². The predicted octanol–water partition coefficient (Wildman–Crippen LogP) is 14.6. The number of hydrogen-bond donors (Lipinski definition) is 5. The van der Waals surface area contributed by atoms with Crippen molar-refractivity contribution in [3.63, 3.8) is 0 Å². The maximum Gasteiger partial charge on any atom is 0.343 e. The Hall–Kier alpha value is -7.94. The maximum atomic E-state index is 15.8. The van der Waals surface area contributed by atoms with E-state index in [1.165, 1.54) is 48.5 Å². The summed E-state index contributed by atoms with van der Waals surface area (Å²) in [6.07, 6.45) is 2.02. The normalized spacial score (nSPS) is 22.8. The van der Waals surface area contributed by atoms with Crippen molar-refractivity contribution in [2.45, 2.75) is 135 Å². The van der Waals surface area contributed by atoms with Crippen LogP contribution < -0.4 is 10.6 Å². The number of amides is 2. The number of ether oxygens (including phenoxy) is 2. The van der Waals surface area contributed by atoms with Gasteiger partial charge in [-0.15, -0.1) is 0 Å². The Morgan fingerprint density at radius 3 is 1.30 bits per heavy atom. The number of rotatable bonds is 12. The van der Waals surface area contributed by atoms with E-state index >= 15 is 9.59 Å². The van der Waals surface area contributed by atoms with Crippen LogP contribution in [0.25, 0.3) is 16.7 Å². The second-order valence-corrected chi connectivity index (χ2v) is 27.4. The number of carbonyl (C=O) groups is 6. The number of aromatic amines is 1. The zero-order valence-corrected chi connectivity index (χ0v) is 50.4. The van der Waals surface area contributed by atoms with Gasteiger partial charge in [-0.3, -0.25) is 9.59 Å². The van der Waals surface area contributed by atoms with Crippen LogP contribution in [0.5, 0.6) is 0 Å². The number of hydrogen-bond acceptors (Lipinski definition) is 9. The number of anilines is 1. The molecular formula is C68H81N5O10. The van der Waals surface area contributed by atoms with Crippen molar-refractivity contribution in [3.8, 4) is 11.1 Å². The molecule has 438 valence electrons. The number of aromatic nitrogens is 1. The third kappa shape index (κ3) is 13.3. The Balaban J connectivity index is 1.41. The first kappa shape index (κ1) is 61.1. The van der Waals surface area contributed by atoms with E-state index in [2.05, 4.69) is 113 Å². The minimum atomic E-state index is -1.34. The van der Waals surface area contributed by atoms with Crippen LogP contribution in [0.1, 0.15) is 180 Å². The summed E-state index contributed by atoms with van der Waals surface area (Å²) in [5.74, 6) is -6.15. The summed E-state index contributed by atoms with van der Waals surface area (Å²) in [4.78, 5) is 99.3. The van der Waals surface area contributed by atoms with Gasteiger partial charge in [0.05, 0.1) is 22.3 Å². The molecule has 1 aromatic heterocycles. The molecule has 0 spiro atoms. The zero-order chi connectivity index (χ0) is 60.7. The fourth-order valence-electron chi connectivity index (χ4n) is 12.8. The Bertz CT molecular complexity index is 3350. The van der Waals surface area contributed by atoms with Crippen molar-refractivity contribution in [2.75, 3.05) is 5.32 Å². The van der Waals surface area contributed by atoms with Crippen molar-refractivity contribution in [3.05, 3.63) is 148 Å². The summed E-state index contributed by atoms with van der Waals surface area (Å²) in [5.41, 5.74) is -1.10. The van der Waals surface area contributed by atoms with Crippen LogP contribution in [-0.4, -0.2) is 74.8 Å². The van der Waals surface area contributed by atoms with Crippen LogP contribution in [0, 0.1) is 57.2 Å². The van der Waals surface area contributed by atoms with E-state index in [1.807, 2.05) is 6.07 Å². The molecule has 1 aliphatic heterocycles. The Morgan fingerprint density at radius 2 is 0.892 bits per heavy atom. The van der Waals surface area contributed by atoms with Crippen molar-refractivity contribution < 1.29 is 48.5 Å². The highest BCUT2D eigenvalue weighted by atomic mass is 16.5. The molecule has 2 amide bonds. The number of benzene rings is 4. The highest BCUT2D eigenvalue weighted by Crippen LogP contribution is 2.52. The van der Waals surface area contributed by atoms with Gasteiger partial charge in [0, 0.05) is 34.8 Å². The lowest BCUT2D eigenvalue weighted by Crippen LogP contribution is -2.50. The van der Waals surface area contributed by atoms with Crippen molar-refractivity contribution in [2.24, 2.45) is 67.2 Å². The molecule has 2 heterocycles. The Kier molecular flexibility index (Phi) is 17.5. The van der Waals surface area contributed by atoms with Crippen LogP contribution in [-0.2, 0) is 14.3 Å². The van der Waals surface area contributed by atoms with E-state index < -0.39 is 47.9 Å². The van der Waals surface area contributed by atoms with Gasteiger partial charge in [-0.25, -0.2) is 29.2 Å². The largest absolute Gasteiger partial charge is 0.478 e. The summed E-state index contributed by atoms with van der Waals surface area (Å²) in [7, 11) is 0. The van der Waals surface area contributed by atoms with E-state index in [0.717, 1.165) is 25.7 Å². The third-order valence-corrected chi connectivity index (χ3v) is 17.1. The molecule has 0 radical (unpaired) electrons. The van der Waals surface area contributed by atoms with Crippen LogP contribution in [0.2, 0.25) is 0 Å². The predicted molar refractivity (Wildman–Crippen MR) is 324 cm³/mol. The number of aromatic carboxylic acids is 2. The topological polar surface area (TPSA) is 226 Å². The van der Waals surface area contributed by atoms with Gasteiger partial charge in [0.15, 0.2) is 11.7 Å². The van der Waals surface area contributed by atoms with E-state index in [4.69, 9.17) is 19.5 Å². The maximum absolute atomic E-state index is 15.8. The SMILES string of the molecule is CC1CC(C(C)(C)C)C(OC(=O)C2=C(c3ccccc3)C(=Nc3[nH]c(NC(=O)c4ccccc4C(=O)O)c(C(=O)OC4C(C(C)(C)C)CC(C)CC4C(C)(C)C)c3-c3ccccc3)N=C2NC(=O)c2ccccc2C(=O)O)C(C(C)(C)C)C1. The minimum Gasteiger partial charge on any atom is -0.478 e. The van der Waals surface area contributed by atoms with E-state index in [-0.39, 0.29) is 113 Å². The molecule has 2 fully saturated rings. The molecular weight excluding hydrogens is 1050 g/mol. The van der Waals surface area contributed by atoms with Crippen LogP contribution in [0.15, 0.2) is 125 Å². The number of carboxylic acids is 2. The number of carboxylic acid groups (broad SMARTS) is 2. The number of nitrogens with one attached hydrogen (secondary N) is 3. The third-order valence-electron chi connectivity index (χ3n) is 17.1. The molecule has 5 aromatic rings. The highest BCUT2D eigenvalue weighted by molar-refractivity contribution is 6.45. The molecule has 2 saturated carbocycles. The number of H-pyrrole nitrogens is 1. The molecule has 5 N–H and O–H groups in total. The van der Waals surface area contributed by atoms with Crippen molar-refractivity contribution in [1.82, 2.24) is 10.3 Å². The molecule has 15 nitrogen and oxygen atoms in total.